The molecular formula is C65H123. The first-order valence-electron chi connectivity index (χ1n) is 31.2. The number of rotatable bonds is 56. The maximum atomic E-state index is 4.26. The Morgan fingerprint density at radius 2 is 0.400 bits per heavy atom. The summed E-state index contributed by atoms with van der Waals surface area (Å²) in [6, 6.07) is 7.24. The normalized spacial score (nSPS) is 11.7. The maximum absolute atomic E-state index is 4.26. The molecular weight excluding hydrogens is 781 g/mol. The molecule has 0 saturated carbocycles. The van der Waals surface area contributed by atoms with Crippen LogP contribution < -0.4 is 0 Å². The quantitative estimate of drug-likeness (QED) is 0.0572. The van der Waals surface area contributed by atoms with Crippen molar-refractivity contribution in [2.75, 3.05) is 0 Å². The number of unbranched alkanes of at least 4 members (excludes halogenated alkanes) is 50. The van der Waals surface area contributed by atoms with Crippen LogP contribution in [0.3, 0.4) is 0 Å². The third kappa shape index (κ3) is 45.4. The minimum atomic E-state index is 1.03. The molecule has 0 heteroatoms. The van der Waals surface area contributed by atoms with Gasteiger partial charge in [-0.1, -0.05) is 360 Å². The van der Waals surface area contributed by atoms with Crippen molar-refractivity contribution < 1.29 is 0 Å². The minimum absolute atomic E-state index is 1.03. The minimum Gasteiger partial charge on any atom is -0.0654 e. The van der Waals surface area contributed by atoms with E-state index in [1.165, 1.54) is 353 Å². The lowest BCUT2D eigenvalue weighted by Crippen LogP contribution is -2.01. The van der Waals surface area contributed by atoms with Gasteiger partial charge < -0.3 is 0 Å². The van der Waals surface area contributed by atoms with Gasteiger partial charge in [-0.2, -0.15) is 0 Å². The molecule has 383 valence electrons. The van der Waals surface area contributed by atoms with Gasteiger partial charge in [0, 0.05) is 0 Å². The second-order valence-electron chi connectivity index (χ2n) is 21.8. The van der Waals surface area contributed by atoms with Gasteiger partial charge in [0.25, 0.3) is 0 Å². The molecule has 0 N–H and O–H groups in total. The van der Waals surface area contributed by atoms with Gasteiger partial charge in [-0.05, 0) is 55.2 Å². The highest BCUT2D eigenvalue weighted by Gasteiger charge is 2.08. The summed E-state index contributed by atoms with van der Waals surface area (Å²) in [5.74, 6) is 0. The molecule has 0 saturated heterocycles. The molecule has 65 heavy (non-hydrogen) atoms. The van der Waals surface area contributed by atoms with Crippen molar-refractivity contribution in [3.8, 4) is 0 Å². The number of hydrogen-bond donors (Lipinski definition) is 0. The van der Waals surface area contributed by atoms with Crippen molar-refractivity contribution in [3.05, 3.63) is 41.8 Å². The highest BCUT2D eigenvalue weighted by molar-refractivity contribution is 5.36. The van der Waals surface area contributed by atoms with E-state index in [-0.39, 0.29) is 0 Å². The van der Waals surface area contributed by atoms with Gasteiger partial charge in [-0.15, -0.1) is 0 Å². The van der Waals surface area contributed by atoms with Crippen molar-refractivity contribution in [1.82, 2.24) is 0 Å². The van der Waals surface area contributed by atoms with E-state index in [0.29, 0.717) is 0 Å². The molecule has 1 radical (unpaired) electrons. The molecule has 0 atom stereocenters. The van der Waals surface area contributed by atoms with Crippen molar-refractivity contribution in [2.24, 2.45) is 0 Å². The number of benzene rings is 1. The number of hydrogen-bond acceptors (Lipinski definition) is 0. The van der Waals surface area contributed by atoms with E-state index in [9.17, 15) is 0 Å². The molecule has 0 unspecified atom stereocenters. The molecule has 0 heterocycles. The smallest absolute Gasteiger partial charge is 0.0273 e. The summed E-state index contributed by atoms with van der Waals surface area (Å²) in [6.07, 6.45) is 80.9. The highest BCUT2D eigenvalue weighted by atomic mass is 14.1. The summed E-state index contributed by atoms with van der Waals surface area (Å²) in [4.78, 5) is 0. The highest BCUT2D eigenvalue weighted by Crippen LogP contribution is 2.24. The average molecular weight is 905 g/mol. The Hall–Kier alpha value is -0.780. The lowest BCUT2D eigenvalue weighted by atomic mass is 9.91. The summed E-state index contributed by atoms with van der Waals surface area (Å²) in [6.45, 7) is 8.89. The largest absolute Gasteiger partial charge is 0.0654 e. The number of aryl methyl sites for hydroxylation is 2. The Bertz CT molecular complexity index is 931. The fourth-order valence-corrected chi connectivity index (χ4v) is 10.9. The van der Waals surface area contributed by atoms with Gasteiger partial charge >= 0.3 is 0 Å². The lowest BCUT2D eigenvalue weighted by Gasteiger charge is -2.15. The van der Waals surface area contributed by atoms with Crippen LogP contribution in [0.5, 0.6) is 0 Å². The van der Waals surface area contributed by atoms with Gasteiger partial charge in [0.2, 0.25) is 0 Å². The predicted octanol–water partition coefficient (Wildman–Crippen LogP) is 23.9. The Labute approximate surface area is 413 Å². The molecule has 0 nitrogen and oxygen atoms in total. The van der Waals surface area contributed by atoms with Crippen LogP contribution >= 0.6 is 0 Å². The van der Waals surface area contributed by atoms with E-state index >= 15 is 0 Å². The first kappa shape index (κ1) is 62.2. The van der Waals surface area contributed by atoms with Crippen molar-refractivity contribution in [2.45, 2.75) is 373 Å². The zero-order valence-electron chi connectivity index (χ0n) is 45.5. The second kappa shape index (κ2) is 54.2. The van der Waals surface area contributed by atoms with Gasteiger partial charge in [0.1, 0.15) is 0 Å². The van der Waals surface area contributed by atoms with Crippen molar-refractivity contribution in [1.29, 1.82) is 0 Å². The van der Waals surface area contributed by atoms with Crippen LogP contribution in [-0.4, -0.2) is 0 Å². The molecule has 0 aromatic heterocycles. The summed E-state index contributed by atoms with van der Waals surface area (Å²) in [5, 5.41) is 0. The van der Waals surface area contributed by atoms with E-state index in [2.05, 4.69) is 39.0 Å². The Balaban J connectivity index is 1.88. The first-order chi connectivity index (χ1) is 32.3. The second-order valence-corrected chi connectivity index (χ2v) is 21.8. The summed E-state index contributed by atoms with van der Waals surface area (Å²) in [5.41, 5.74) is 4.96. The zero-order chi connectivity index (χ0) is 46.5. The Morgan fingerprint density at radius 1 is 0.231 bits per heavy atom. The maximum Gasteiger partial charge on any atom is -0.0273 e. The molecule has 0 fully saturated rings. The van der Waals surface area contributed by atoms with Crippen LogP contribution in [0, 0.1) is 6.92 Å². The van der Waals surface area contributed by atoms with E-state index in [0.717, 1.165) is 6.42 Å². The van der Waals surface area contributed by atoms with Crippen LogP contribution in [0.15, 0.2) is 18.2 Å². The topological polar surface area (TPSA) is 0 Å². The average Bonchev–Trinajstić information content (AvgIpc) is 3.32. The van der Waals surface area contributed by atoms with Gasteiger partial charge in [-0.3, -0.25) is 0 Å². The SMILES string of the molecule is [CH2]CCc1c(CCCCCCCCCCCCCCCCCCCCCCCCCCCC)cccc1CCCCCCCCCCCCCCCCCCCCCCCCCCCC. The van der Waals surface area contributed by atoms with Crippen molar-refractivity contribution >= 4 is 0 Å². The van der Waals surface area contributed by atoms with Crippen LogP contribution in [-0.2, 0) is 19.3 Å². The van der Waals surface area contributed by atoms with Crippen LogP contribution in [0.1, 0.15) is 371 Å². The molecule has 0 amide bonds. The standard InChI is InChI=1S/C65H123/c1-4-7-9-11-13-15-17-19-21-23-25-27-29-31-33-35-37-39-41-43-45-47-49-51-53-55-59-63-61-57-62-64(65(63)58-6-3)60-56-54-52-50-48-46-44-42-40-38-36-34-32-30-28-26-24-22-20-18-16-14-12-10-8-5-2/h57,61-62H,3-56,58-60H2,1-2H3. The molecule has 1 rings (SSSR count). The van der Waals surface area contributed by atoms with Crippen LogP contribution in [0.25, 0.3) is 0 Å². The summed E-state index contributed by atoms with van der Waals surface area (Å²) >= 11 is 0. The van der Waals surface area contributed by atoms with Crippen LogP contribution in [0.2, 0.25) is 0 Å². The fourth-order valence-electron chi connectivity index (χ4n) is 10.9. The van der Waals surface area contributed by atoms with E-state index < -0.39 is 0 Å². The lowest BCUT2D eigenvalue weighted by molar-refractivity contribution is 0.515. The van der Waals surface area contributed by atoms with Crippen molar-refractivity contribution in [3.63, 3.8) is 0 Å². The molecule has 0 aliphatic carbocycles. The third-order valence-electron chi connectivity index (χ3n) is 15.4. The molecule has 0 spiro atoms. The molecule has 1 aromatic rings. The molecule has 0 aliphatic rings. The van der Waals surface area contributed by atoms with E-state index in [1.807, 2.05) is 0 Å². The van der Waals surface area contributed by atoms with Gasteiger partial charge in [-0.25, -0.2) is 0 Å². The predicted molar refractivity (Wildman–Crippen MR) is 299 cm³/mol. The molecule has 0 aliphatic heterocycles. The monoisotopic (exact) mass is 904 g/mol. The molecule has 0 bridgehead atoms. The summed E-state index contributed by atoms with van der Waals surface area (Å²) in [7, 11) is 0. The molecule has 1 aromatic carbocycles. The Kier molecular flexibility index (Phi) is 51.9. The van der Waals surface area contributed by atoms with Crippen LogP contribution in [0.4, 0.5) is 0 Å². The van der Waals surface area contributed by atoms with Gasteiger partial charge in [0.15, 0.2) is 0 Å². The van der Waals surface area contributed by atoms with E-state index in [1.54, 1.807) is 16.7 Å². The van der Waals surface area contributed by atoms with E-state index in [4.69, 9.17) is 0 Å². The summed E-state index contributed by atoms with van der Waals surface area (Å²) < 4.78 is 0. The Morgan fingerprint density at radius 3 is 0.569 bits per heavy atom. The van der Waals surface area contributed by atoms with Gasteiger partial charge in [0.05, 0.1) is 0 Å². The first-order valence-corrected chi connectivity index (χ1v) is 31.2. The third-order valence-corrected chi connectivity index (χ3v) is 15.4. The fraction of sp³-hybridized carbons (Fsp3) is 0.892. The zero-order valence-corrected chi connectivity index (χ0v) is 45.5.